The number of methoxy groups -OCH3 is 1. The van der Waals surface area contributed by atoms with Crippen molar-refractivity contribution in [1.29, 1.82) is 0 Å². The van der Waals surface area contributed by atoms with E-state index in [1.54, 1.807) is 6.92 Å². The quantitative estimate of drug-likeness (QED) is 0.319. The van der Waals surface area contributed by atoms with E-state index in [9.17, 15) is 34.5 Å². The zero-order valence-electron chi connectivity index (χ0n) is 23.3. The number of fused-ring (bicyclic) bond motifs is 2. The van der Waals surface area contributed by atoms with Gasteiger partial charge in [-0.25, -0.2) is 9.59 Å². The van der Waals surface area contributed by atoms with Gasteiger partial charge in [-0.05, 0) is 35.5 Å². The van der Waals surface area contributed by atoms with Gasteiger partial charge in [-0.2, -0.15) is 0 Å². The number of esters is 3. The smallest absolute Gasteiger partial charge is 0.348 e. The molecule has 3 N–H and O–H groups in total. The third-order valence-corrected chi connectivity index (χ3v) is 11.1. The summed E-state index contributed by atoms with van der Waals surface area (Å²) in [5.74, 6) is -5.72. The van der Waals surface area contributed by atoms with Crippen molar-refractivity contribution in [2.75, 3.05) is 13.7 Å². The maximum absolute atomic E-state index is 13.5. The molecule has 5 aliphatic rings. The third-order valence-electron chi connectivity index (χ3n) is 11.1. The molecule has 13 atom stereocenters. The first-order chi connectivity index (χ1) is 18.2. The largest absolute Gasteiger partial charge is 0.467 e. The van der Waals surface area contributed by atoms with E-state index in [1.807, 2.05) is 27.7 Å². The molecule has 2 heterocycles. The van der Waals surface area contributed by atoms with Gasteiger partial charge >= 0.3 is 17.9 Å². The topological polar surface area (TPSA) is 166 Å². The highest BCUT2D eigenvalue weighted by molar-refractivity contribution is 5.88. The first-order valence-electron chi connectivity index (χ1n) is 13.9. The normalized spacial score (nSPS) is 49.0. The Balaban J connectivity index is 1.66. The van der Waals surface area contributed by atoms with Crippen LogP contribution in [0.4, 0.5) is 0 Å². The molecule has 3 saturated carbocycles. The second-order valence-corrected chi connectivity index (χ2v) is 13.1. The van der Waals surface area contributed by atoms with Gasteiger partial charge in [0.25, 0.3) is 0 Å². The molecule has 39 heavy (non-hydrogen) atoms. The van der Waals surface area contributed by atoms with E-state index in [1.165, 1.54) is 0 Å². The number of ketones is 1. The van der Waals surface area contributed by atoms with Crippen molar-refractivity contribution >= 4 is 23.7 Å². The molecule has 5 fully saturated rings. The van der Waals surface area contributed by atoms with E-state index in [0.29, 0.717) is 0 Å². The SMILES string of the molecule is COC(=O)C12OCC34C(CC5C(C)C(O)C(=O)CC5(C)C3C(O)C1O)OC(=O)C(OC(=O)CC(C)C(C)C)C24. The van der Waals surface area contributed by atoms with Gasteiger partial charge in [0, 0.05) is 24.2 Å². The van der Waals surface area contributed by atoms with Crippen LogP contribution in [0.15, 0.2) is 0 Å². The summed E-state index contributed by atoms with van der Waals surface area (Å²) in [6.07, 6.45) is -6.88. The van der Waals surface area contributed by atoms with Crippen molar-refractivity contribution in [3.63, 3.8) is 0 Å². The van der Waals surface area contributed by atoms with E-state index in [2.05, 4.69) is 0 Å². The highest BCUT2D eigenvalue weighted by atomic mass is 16.6. The molecular weight excluding hydrogens is 512 g/mol. The highest BCUT2D eigenvalue weighted by Crippen LogP contribution is 2.73. The van der Waals surface area contributed by atoms with E-state index >= 15 is 0 Å². The molecule has 0 aromatic heterocycles. The first kappa shape index (κ1) is 28.4. The van der Waals surface area contributed by atoms with Crippen LogP contribution in [-0.4, -0.2) is 88.8 Å². The molecule has 5 rings (SSSR count). The summed E-state index contributed by atoms with van der Waals surface area (Å²) >= 11 is 0. The number of Topliss-reactive ketones (excluding diaryl/α,β-unsaturated/α-hetero) is 1. The first-order valence-corrected chi connectivity index (χ1v) is 13.9. The monoisotopic (exact) mass is 552 g/mol. The van der Waals surface area contributed by atoms with Crippen molar-refractivity contribution in [3.05, 3.63) is 0 Å². The van der Waals surface area contributed by atoms with Crippen LogP contribution >= 0.6 is 0 Å². The summed E-state index contributed by atoms with van der Waals surface area (Å²) in [6.45, 7) is 9.21. The number of carbonyl (C=O) groups excluding carboxylic acids is 4. The van der Waals surface area contributed by atoms with Gasteiger partial charge in [0.1, 0.15) is 18.3 Å². The Morgan fingerprint density at radius 2 is 1.79 bits per heavy atom. The van der Waals surface area contributed by atoms with Gasteiger partial charge in [0.15, 0.2) is 5.78 Å². The molecule has 2 aliphatic heterocycles. The van der Waals surface area contributed by atoms with Crippen molar-refractivity contribution in [1.82, 2.24) is 0 Å². The number of rotatable bonds is 5. The molecule has 0 amide bonds. The van der Waals surface area contributed by atoms with E-state index in [0.717, 1.165) is 7.11 Å². The Morgan fingerprint density at radius 3 is 2.41 bits per heavy atom. The molecule has 0 aromatic carbocycles. The van der Waals surface area contributed by atoms with Gasteiger partial charge < -0.3 is 34.3 Å². The molecular formula is C28H40O11. The predicted molar refractivity (Wildman–Crippen MR) is 132 cm³/mol. The fourth-order valence-electron chi connectivity index (χ4n) is 8.91. The standard InChI is InChI=1S/C28H40O11/c1-11(2)12(3)7-17(30)39-20-22-27-10-37-28(22,25(35)36-6)23(33)19(32)21(27)26(5)9-15(29)18(31)13(4)14(26)8-16(27)38-24(20)34/h11-14,16,18-23,31-33H,7-10H2,1-6H3. The van der Waals surface area contributed by atoms with Gasteiger partial charge in [0.2, 0.25) is 11.7 Å². The lowest BCUT2D eigenvalue weighted by Gasteiger charge is -2.68. The van der Waals surface area contributed by atoms with Crippen molar-refractivity contribution in [2.24, 2.45) is 46.3 Å². The molecule has 11 heteroatoms. The Labute approximate surface area is 227 Å². The molecule has 11 nitrogen and oxygen atoms in total. The van der Waals surface area contributed by atoms with Crippen LogP contribution in [0.1, 0.15) is 53.9 Å². The summed E-state index contributed by atoms with van der Waals surface area (Å²) in [7, 11) is 1.11. The Morgan fingerprint density at radius 1 is 1.13 bits per heavy atom. The highest BCUT2D eigenvalue weighted by Gasteiger charge is 2.85. The molecule has 13 unspecified atom stereocenters. The number of carbonyl (C=O) groups is 4. The van der Waals surface area contributed by atoms with Crippen LogP contribution in [0.25, 0.3) is 0 Å². The summed E-state index contributed by atoms with van der Waals surface area (Å²) in [5.41, 5.74) is -4.39. The van der Waals surface area contributed by atoms with Crippen LogP contribution in [0.5, 0.6) is 0 Å². The second kappa shape index (κ2) is 9.22. The Kier molecular flexibility index (Phi) is 6.73. The zero-order chi connectivity index (χ0) is 28.8. The third kappa shape index (κ3) is 3.55. The molecule has 218 valence electrons. The molecule has 1 spiro atoms. The molecule has 0 aromatic rings. The zero-order valence-corrected chi connectivity index (χ0v) is 23.3. The lowest BCUT2D eigenvalue weighted by atomic mass is 9.37. The number of hydrogen-bond donors (Lipinski definition) is 3. The maximum Gasteiger partial charge on any atom is 0.348 e. The summed E-state index contributed by atoms with van der Waals surface area (Å²) in [6, 6.07) is 0. The van der Waals surface area contributed by atoms with Crippen LogP contribution < -0.4 is 0 Å². The minimum Gasteiger partial charge on any atom is -0.467 e. The Bertz CT molecular complexity index is 1070. The van der Waals surface area contributed by atoms with Crippen molar-refractivity contribution in [3.8, 4) is 0 Å². The number of aliphatic hydroxyl groups is 3. The second-order valence-electron chi connectivity index (χ2n) is 13.1. The van der Waals surface area contributed by atoms with Gasteiger partial charge in [-0.3, -0.25) is 9.59 Å². The van der Waals surface area contributed by atoms with Crippen LogP contribution in [0.3, 0.4) is 0 Å². The number of hydrogen-bond acceptors (Lipinski definition) is 11. The van der Waals surface area contributed by atoms with E-state index < -0.39 is 82.6 Å². The van der Waals surface area contributed by atoms with Crippen molar-refractivity contribution < 1.29 is 53.4 Å². The fourth-order valence-corrected chi connectivity index (χ4v) is 8.91. The van der Waals surface area contributed by atoms with Crippen LogP contribution in [0.2, 0.25) is 0 Å². The minimum atomic E-state index is -2.19. The number of ether oxygens (including phenoxy) is 4. The molecule has 2 bridgehead atoms. The average Bonchev–Trinajstić information content (AvgIpc) is 3.18. The fraction of sp³-hybridized carbons (Fsp3) is 0.857. The lowest BCUT2D eigenvalue weighted by Crippen LogP contribution is -2.79. The summed E-state index contributed by atoms with van der Waals surface area (Å²) < 4.78 is 22.9. The molecule has 2 saturated heterocycles. The predicted octanol–water partition coefficient (Wildman–Crippen LogP) is 0.398. The van der Waals surface area contributed by atoms with E-state index in [-0.39, 0.29) is 49.4 Å². The summed E-state index contributed by atoms with van der Waals surface area (Å²) in [4.78, 5) is 53.0. The van der Waals surface area contributed by atoms with Crippen LogP contribution in [-0.2, 0) is 38.1 Å². The van der Waals surface area contributed by atoms with Gasteiger partial charge in [-0.15, -0.1) is 0 Å². The summed E-state index contributed by atoms with van der Waals surface area (Å²) in [5, 5.41) is 33.9. The van der Waals surface area contributed by atoms with Gasteiger partial charge in [-0.1, -0.05) is 34.6 Å². The van der Waals surface area contributed by atoms with Gasteiger partial charge in [0.05, 0.1) is 25.7 Å². The number of aliphatic hydroxyl groups excluding tert-OH is 3. The molecule has 3 aliphatic carbocycles. The van der Waals surface area contributed by atoms with Crippen molar-refractivity contribution in [2.45, 2.75) is 90.0 Å². The minimum absolute atomic E-state index is 0.0228. The Hall–Kier alpha value is -2.08. The lowest BCUT2D eigenvalue weighted by molar-refractivity contribution is -0.299. The van der Waals surface area contributed by atoms with E-state index in [4.69, 9.17) is 18.9 Å². The maximum atomic E-state index is 13.5. The molecule has 0 radical (unpaired) electrons. The average molecular weight is 553 g/mol. The van der Waals surface area contributed by atoms with Crippen LogP contribution in [0, 0.1) is 46.3 Å².